The lowest BCUT2D eigenvalue weighted by atomic mass is 10.2. The monoisotopic (exact) mass is 347 g/mol. The Bertz CT molecular complexity index is 699. The number of nitrogens with zero attached hydrogens (tertiary/aromatic N) is 1. The maximum Gasteiger partial charge on any atom is 0.232 e. The molecule has 0 aliphatic carbocycles. The van der Waals surface area contributed by atoms with Crippen molar-refractivity contribution in [2.45, 2.75) is 32.2 Å². The van der Waals surface area contributed by atoms with Crippen LogP contribution in [-0.2, 0) is 19.9 Å². The topological polar surface area (TPSA) is 105 Å². The van der Waals surface area contributed by atoms with Crippen LogP contribution in [0.5, 0.6) is 0 Å². The van der Waals surface area contributed by atoms with E-state index in [2.05, 4.69) is 15.0 Å². The highest BCUT2D eigenvalue weighted by Gasteiger charge is 2.27. The molecule has 2 N–H and O–H groups in total. The highest BCUT2D eigenvalue weighted by atomic mass is 32.2. The molecule has 1 aliphatic rings. The Kier molecular flexibility index (Phi) is 5.28. The van der Waals surface area contributed by atoms with Gasteiger partial charge in [-0.3, -0.25) is 4.72 Å². The Morgan fingerprint density at radius 1 is 1.36 bits per heavy atom. The molecule has 0 aromatic carbocycles. The van der Waals surface area contributed by atoms with Crippen LogP contribution >= 0.6 is 0 Å². The third-order valence-corrected chi connectivity index (χ3v) is 6.53. The van der Waals surface area contributed by atoms with E-state index in [0.29, 0.717) is 24.3 Å². The number of anilines is 2. The van der Waals surface area contributed by atoms with Crippen LogP contribution in [0.2, 0.25) is 0 Å². The number of hydrogen-bond donors (Lipinski definition) is 2. The molecule has 1 aromatic heterocycles. The number of sulfone groups is 1. The van der Waals surface area contributed by atoms with E-state index in [4.69, 9.17) is 0 Å². The molecule has 1 aromatic rings. The van der Waals surface area contributed by atoms with E-state index in [-0.39, 0.29) is 23.3 Å². The smallest absolute Gasteiger partial charge is 0.232 e. The normalized spacial score (nSPS) is 20.7. The second kappa shape index (κ2) is 6.82. The zero-order chi connectivity index (χ0) is 16.2. The largest absolute Gasteiger partial charge is 0.366 e. The van der Waals surface area contributed by atoms with Crippen LogP contribution in [0.25, 0.3) is 0 Å². The molecule has 0 spiro atoms. The molecule has 9 heteroatoms. The first-order chi connectivity index (χ1) is 10.3. The predicted octanol–water partition coefficient (Wildman–Crippen LogP) is 1.22. The van der Waals surface area contributed by atoms with E-state index in [1.807, 2.05) is 6.92 Å². The summed E-state index contributed by atoms with van der Waals surface area (Å²) in [5, 5.41) is 3.05. The fourth-order valence-electron chi connectivity index (χ4n) is 2.22. The van der Waals surface area contributed by atoms with Gasteiger partial charge in [0.05, 0.1) is 29.1 Å². The van der Waals surface area contributed by atoms with Gasteiger partial charge in [0, 0.05) is 6.04 Å². The molecule has 0 amide bonds. The summed E-state index contributed by atoms with van der Waals surface area (Å²) in [6.45, 7) is 1.93. The van der Waals surface area contributed by atoms with Crippen molar-refractivity contribution in [3.8, 4) is 0 Å². The summed E-state index contributed by atoms with van der Waals surface area (Å²) in [4.78, 5) is 4.12. The Morgan fingerprint density at radius 3 is 2.68 bits per heavy atom. The molecular weight excluding hydrogens is 326 g/mol. The maximum absolute atomic E-state index is 11.8. The van der Waals surface area contributed by atoms with Gasteiger partial charge in [0.1, 0.15) is 5.82 Å². The molecule has 1 fully saturated rings. The van der Waals surface area contributed by atoms with Crippen LogP contribution < -0.4 is 10.0 Å². The van der Waals surface area contributed by atoms with Crippen molar-refractivity contribution in [3.05, 3.63) is 18.3 Å². The van der Waals surface area contributed by atoms with Gasteiger partial charge in [-0.05, 0) is 25.0 Å². The molecule has 1 aliphatic heterocycles. The Morgan fingerprint density at radius 2 is 2.14 bits per heavy atom. The van der Waals surface area contributed by atoms with Crippen LogP contribution in [-0.4, -0.2) is 45.1 Å². The first-order valence-corrected chi connectivity index (χ1v) is 10.7. The molecule has 2 rings (SSSR count). The number of pyridine rings is 1. The van der Waals surface area contributed by atoms with Crippen molar-refractivity contribution in [1.82, 2.24) is 4.98 Å². The molecule has 124 valence electrons. The second-order valence-electron chi connectivity index (χ2n) is 5.45. The van der Waals surface area contributed by atoms with Crippen molar-refractivity contribution in [2.75, 3.05) is 27.3 Å². The van der Waals surface area contributed by atoms with Crippen LogP contribution in [0, 0.1) is 0 Å². The van der Waals surface area contributed by atoms with E-state index >= 15 is 0 Å². The van der Waals surface area contributed by atoms with Gasteiger partial charge in [0.15, 0.2) is 9.84 Å². The summed E-state index contributed by atoms with van der Waals surface area (Å²) >= 11 is 0. The summed E-state index contributed by atoms with van der Waals surface area (Å²) in [6, 6.07) is 3.12. The standard InChI is InChI=1S/C13H21N3O4S2/c1-2-3-7-22(19,20)16-11-4-5-13(14-9-11)15-12-6-8-21(17,18)10-12/h4-5,9,12,16H,2-3,6-8,10H2,1H3,(H,14,15). The Hall–Kier alpha value is -1.35. The Labute approximate surface area is 131 Å². The fourth-order valence-corrected chi connectivity index (χ4v) is 5.15. The minimum atomic E-state index is -3.34. The quantitative estimate of drug-likeness (QED) is 0.768. The maximum atomic E-state index is 11.8. The van der Waals surface area contributed by atoms with Crippen molar-refractivity contribution < 1.29 is 16.8 Å². The van der Waals surface area contributed by atoms with Gasteiger partial charge in [-0.15, -0.1) is 0 Å². The van der Waals surface area contributed by atoms with Gasteiger partial charge in [-0.1, -0.05) is 13.3 Å². The third kappa shape index (κ3) is 5.13. The summed E-state index contributed by atoms with van der Waals surface area (Å²) in [5.74, 6) is 0.933. The molecule has 2 heterocycles. The van der Waals surface area contributed by atoms with E-state index < -0.39 is 19.9 Å². The summed E-state index contributed by atoms with van der Waals surface area (Å²) in [7, 11) is -6.28. The number of unbranched alkanes of at least 4 members (excludes halogenated alkanes) is 1. The zero-order valence-electron chi connectivity index (χ0n) is 12.4. The minimum Gasteiger partial charge on any atom is -0.366 e. The molecule has 1 atom stereocenters. The van der Waals surface area contributed by atoms with Crippen LogP contribution in [0.1, 0.15) is 26.2 Å². The first kappa shape index (κ1) is 17.0. The van der Waals surface area contributed by atoms with Gasteiger partial charge in [0.25, 0.3) is 0 Å². The zero-order valence-corrected chi connectivity index (χ0v) is 14.1. The van der Waals surface area contributed by atoms with Gasteiger partial charge < -0.3 is 5.32 Å². The van der Waals surface area contributed by atoms with Gasteiger partial charge in [-0.25, -0.2) is 21.8 Å². The lowest BCUT2D eigenvalue weighted by Crippen LogP contribution is -2.21. The predicted molar refractivity (Wildman–Crippen MR) is 87.2 cm³/mol. The van der Waals surface area contributed by atoms with Gasteiger partial charge in [-0.2, -0.15) is 0 Å². The van der Waals surface area contributed by atoms with Crippen LogP contribution in [0.4, 0.5) is 11.5 Å². The summed E-state index contributed by atoms with van der Waals surface area (Å²) in [5.41, 5.74) is 0.403. The van der Waals surface area contributed by atoms with Crippen molar-refractivity contribution in [3.63, 3.8) is 0 Å². The minimum absolute atomic E-state index is 0.0867. The van der Waals surface area contributed by atoms with Gasteiger partial charge >= 0.3 is 0 Å². The number of sulfonamides is 1. The number of nitrogens with one attached hydrogen (secondary N) is 2. The third-order valence-electron chi connectivity index (χ3n) is 3.39. The number of rotatable bonds is 7. The molecule has 1 saturated heterocycles. The van der Waals surface area contributed by atoms with Crippen LogP contribution in [0.15, 0.2) is 18.3 Å². The molecular formula is C13H21N3O4S2. The Balaban J connectivity index is 1.93. The molecule has 1 unspecified atom stereocenters. The highest BCUT2D eigenvalue weighted by Crippen LogP contribution is 2.17. The van der Waals surface area contributed by atoms with Gasteiger partial charge in [0.2, 0.25) is 10.0 Å². The fraction of sp³-hybridized carbons (Fsp3) is 0.615. The van der Waals surface area contributed by atoms with Crippen molar-refractivity contribution >= 4 is 31.4 Å². The first-order valence-electron chi connectivity index (χ1n) is 7.23. The average Bonchev–Trinajstić information content (AvgIpc) is 2.78. The van der Waals surface area contributed by atoms with Crippen molar-refractivity contribution in [1.29, 1.82) is 0 Å². The molecule has 22 heavy (non-hydrogen) atoms. The second-order valence-corrected chi connectivity index (χ2v) is 9.52. The SMILES string of the molecule is CCCCS(=O)(=O)Nc1ccc(NC2CCS(=O)(=O)C2)nc1. The van der Waals surface area contributed by atoms with E-state index in [1.165, 1.54) is 6.20 Å². The molecule has 0 bridgehead atoms. The lowest BCUT2D eigenvalue weighted by Gasteiger charge is -2.12. The lowest BCUT2D eigenvalue weighted by molar-refractivity contribution is 0.597. The van der Waals surface area contributed by atoms with Crippen molar-refractivity contribution in [2.24, 2.45) is 0 Å². The summed E-state index contributed by atoms with van der Waals surface area (Å²) in [6.07, 6.45) is 3.41. The van der Waals surface area contributed by atoms with E-state index in [1.54, 1.807) is 12.1 Å². The molecule has 0 radical (unpaired) electrons. The summed E-state index contributed by atoms with van der Waals surface area (Å²) < 4.78 is 48.8. The number of hydrogen-bond acceptors (Lipinski definition) is 6. The average molecular weight is 347 g/mol. The molecule has 0 saturated carbocycles. The van der Waals surface area contributed by atoms with E-state index in [0.717, 1.165) is 6.42 Å². The highest BCUT2D eigenvalue weighted by molar-refractivity contribution is 7.92. The molecule has 7 nitrogen and oxygen atoms in total. The van der Waals surface area contributed by atoms with E-state index in [9.17, 15) is 16.8 Å². The number of aromatic nitrogens is 1. The van der Waals surface area contributed by atoms with Crippen LogP contribution in [0.3, 0.4) is 0 Å².